The van der Waals surface area contributed by atoms with E-state index in [2.05, 4.69) is 13.8 Å². The molecular weight excluding hydrogens is 757 g/mol. The van der Waals surface area contributed by atoms with Crippen LogP contribution in [-0.2, 0) is 35.2 Å². The van der Waals surface area contributed by atoms with Gasteiger partial charge in [-0.15, -0.1) is 0 Å². The topological polar surface area (TPSA) is 209 Å². The minimum absolute atomic E-state index is 0.0186. The molecule has 2 aromatic carbocycles. The highest BCUT2D eigenvalue weighted by molar-refractivity contribution is 7.85. The lowest BCUT2D eigenvalue weighted by atomic mass is 9.76. The maximum Gasteiger partial charge on any atom is 0.247 e. The predicted molar refractivity (Wildman–Crippen MR) is 206 cm³/mol. The number of para-hydroxylation sites is 2. The number of benzene rings is 2. The van der Waals surface area contributed by atoms with Crippen LogP contribution < -0.4 is 14.9 Å². The molecule has 15 nitrogen and oxygen atoms in total. The Hall–Kier alpha value is -5.74. The summed E-state index contributed by atoms with van der Waals surface area (Å²) in [5, 5.41) is 33.4. The number of rotatable bonds is 8. The van der Waals surface area contributed by atoms with Crippen LogP contribution in [0, 0.1) is 20.2 Å². The molecule has 0 unspecified atom stereocenters. The number of nitrogens with zero attached hydrogens (tertiary/aromatic N) is 4. The third kappa shape index (κ3) is 6.59. The molecule has 4 aliphatic heterocycles. The third-order valence-electron chi connectivity index (χ3n) is 11.9. The fourth-order valence-electron chi connectivity index (χ4n) is 8.91. The molecule has 2 aliphatic carbocycles. The Kier molecular flexibility index (Phi) is 9.72. The Balaban J connectivity index is 0.000000174. The van der Waals surface area contributed by atoms with Crippen molar-refractivity contribution in [1.82, 2.24) is 0 Å². The normalized spacial score (nSPS) is 24.6. The number of carboxylic acid groups (broad SMARTS) is 1. The first kappa shape index (κ1) is 39.5. The molecule has 16 heteroatoms. The van der Waals surface area contributed by atoms with E-state index in [0.717, 1.165) is 22.5 Å². The van der Waals surface area contributed by atoms with Gasteiger partial charge in [-0.3, -0.25) is 20.2 Å². The van der Waals surface area contributed by atoms with E-state index in [1.165, 1.54) is 6.08 Å². The summed E-state index contributed by atoms with van der Waals surface area (Å²) in [7, 11) is -4.41. The largest absolute Gasteiger partial charge is 0.748 e. The van der Waals surface area contributed by atoms with Crippen molar-refractivity contribution in [3.05, 3.63) is 150 Å². The van der Waals surface area contributed by atoms with Gasteiger partial charge < -0.3 is 33.7 Å². The Bertz CT molecular complexity index is 2370. The third-order valence-corrected chi connectivity index (χ3v) is 12.6. The molecule has 300 valence electrons. The molecule has 4 heterocycles. The lowest BCUT2D eigenvalue weighted by molar-refractivity contribution is -0.428. The van der Waals surface area contributed by atoms with Crippen molar-refractivity contribution in [3.8, 4) is 0 Å². The number of allylic oxidation sites excluding steroid dienone is 10. The van der Waals surface area contributed by atoms with Crippen molar-refractivity contribution >= 4 is 27.5 Å². The monoisotopic (exact) mass is 798 g/mol. The number of ether oxygens (including phenoxy) is 2. The average molecular weight is 799 g/mol. The van der Waals surface area contributed by atoms with E-state index in [1.807, 2.05) is 90.4 Å². The van der Waals surface area contributed by atoms with E-state index in [1.54, 1.807) is 12.2 Å². The molecule has 0 fully saturated rings. The first-order valence-corrected chi connectivity index (χ1v) is 20.2. The van der Waals surface area contributed by atoms with E-state index < -0.39 is 44.1 Å². The van der Waals surface area contributed by atoms with Crippen LogP contribution in [0.2, 0.25) is 0 Å². The maximum atomic E-state index is 11.3. The molecule has 57 heavy (non-hydrogen) atoms. The average Bonchev–Trinajstić information content (AvgIpc) is 3.45. The van der Waals surface area contributed by atoms with E-state index in [9.17, 15) is 43.1 Å². The molecule has 0 saturated heterocycles. The number of hydrogen-bond acceptors (Lipinski definition) is 13. The number of carbonyl (C=O) groups is 1. The second-order valence-electron chi connectivity index (χ2n) is 15.8. The van der Waals surface area contributed by atoms with Gasteiger partial charge in [0.15, 0.2) is 0 Å². The number of anilines is 2. The summed E-state index contributed by atoms with van der Waals surface area (Å²) in [5.41, 5.74) is 2.51. The van der Waals surface area contributed by atoms with Gasteiger partial charge in [-0.1, -0.05) is 36.4 Å². The zero-order valence-corrected chi connectivity index (χ0v) is 32.7. The van der Waals surface area contributed by atoms with Gasteiger partial charge in [-0.2, -0.15) is 0 Å². The molecule has 0 saturated carbocycles. The molecule has 2 atom stereocenters. The number of fused-ring (bicyclic) bond motifs is 2. The van der Waals surface area contributed by atoms with E-state index >= 15 is 0 Å². The summed E-state index contributed by atoms with van der Waals surface area (Å²) in [4.78, 5) is 36.4. The summed E-state index contributed by atoms with van der Waals surface area (Å²) < 4.78 is 47.1. The summed E-state index contributed by atoms with van der Waals surface area (Å²) in [6.45, 7) is 8.38. The number of hydrogen-bond donors (Lipinski definition) is 0. The van der Waals surface area contributed by atoms with Crippen LogP contribution in [0.5, 0.6) is 0 Å². The van der Waals surface area contributed by atoms with E-state index in [0.29, 0.717) is 41.9 Å². The summed E-state index contributed by atoms with van der Waals surface area (Å²) in [6, 6.07) is 15.5. The molecule has 2 aromatic rings. The van der Waals surface area contributed by atoms with Crippen molar-refractivity contribution in [2.45, 2.75) is 82.1 Å². The summed E-state index contributed by atoms with van der Waals surface area (Å²) >= 11 is 0. The van der Waals surface area contributed by atoms with Crippen LogP contribution >= 0.6 is 0 Å². The molecule has 0 aromatic heterocycles. The zero-order valence-electron chi connectivity index (χ0n) is 31.9. The molecular formula is C41H42N4O11S-2. The highest BCUT2D eigenvalue weighted by Gasteiger charge is 2.60. The van der Waals surface area contributed by atoms with Crippen LogP contribution in [0.1, 0.15) is 70.9 Å². The van der Waals surface area contributed by atoms with Crippen LogP contribution in [0.15, 0.2) is 119 Å². The van der Waals surface area contributed by atoms with Crippen LogP contribution in [0.4, 0.5) is 11.4 Å². The van der Waals surface area contributed by atoms with Crippen molar-refractivity contribution in [2.75, 3.05) is 28.6 Å². The molecule has 0 bridgehead atoms. The fraction of sp³-hybridized carbons (Fsp3) is 0.390. The smallest absolute Gasteiger partial charge is 0.247 e. The highest BCUT2D eigenvalue weighted by Crippen LogP contribution is 2.57. The van der Waals surface area contributed by atoms with Gasteiger partial charge in [0.2, 0.25) is 22.8 Å². The van der Waals surface area contributed by atoms with Crippen molar-refractivity contribution in [1.29, 1.82) is 0 Å². The van der Waals surface area contributed by atoms with Gasteiger partial charge >= 0.3 is 0 Å². The lowest BCUT2D eigenvalue weighted by Gasteiger charge is -2.48. The molecule has 8 rings (SSSR count). The molecule has 6 aliphatic rings. The zero-order chi connectivity index (χ0) is 41.1. The van der Waals surface area contributed by atoms with E-state index in [-0.39, 0.29) is 47.2 Å². The van der Waals surface area contributed by atoms with Crippen molar-refractivity contribution in [3.63, 3.8) is 0 Å². The van der Waals surface area contributed by atoms with Crippen LogP contribution in [0.3, 0.4) is 0 Å². The Morgan fingerprint density at radius 3 is 1.54 bits per heavy atom. The minimum Gasteiger partial charge on any atom is -0.748 e. The maximum absolute atomic E-state index is 11.3. The molecule has 0 radical (unpaired) electrons. The van der Waals surface area contributed by atoms with Gasteiger partial charge in [0.05, 0.1) is 36.5 Å². The van der Waals surface area contributed by atoms with Crippen LogP contribution in [-0.4, -0.2) is 59.1 Å². The summed E-state index contributed by atoms with van der Waals surface area (Å²) in [5.74, 6) is -0.331. The standard InChI is InChI=1S/C21H22N2O5.C20H22N2O6S/c1-20(2)16-5-3-4-6-17(16)22(12-10-19(24)25)21(20)11-9-14-13-15(23(26)27)7-8-18(14)28-21;1-19(2)16-5-3-4-6-17(16)21(11-12-29(25,26)27)20(19)10-9-14-13-15(22(23)24)7-8-18(14)28-20/h3-6,9,11,13H,7-8,10,12H2,1-2H3,(H,24,25);3-6,9-10,13H,7-8,11-12H2,1-2H3,(H,25,26,27)/p-2/t21-;20-/m11/s1. The SMILES string of the molecule is CC1(C)c2ccccc2N(CCC(=O)[O-])[C@@]12C=CC1=C(CCC([N+](=O)[O-])=C1)O2.CC1(C)c2ccccc2N(CCS(=O)(=O)[O-])[C@@]12C=CC1=C(CCC([N+](=O)[O-])=C1)O2. The van der Waals surface area contributed by atoms with Gasteiger partial charge in [-0.25, -0.2) is 8.42 Å². The highest BCUT2D eigenvalue weighted by atomic mass is 32.2. The lowest BCUT2D eigenvalue weighted by Crippen LogP contribution is -2.58. The van der Waals surface area contributed by atoms with E-state index in [4.69, 9.17) is 9.47 Å². The summed E-state index contributed by atoms with van der Waals surface area (Å²) in [6.07, 6.45) is 11.7. The quantitative estimate of drug-likeness (QED) is 0.191. The Morgan fingerprint density at radius 2 is 1.14 bits per heavy atom. The second-order valence-corrected chi connectivity index (χ2v) is 17.3. The van der Waals surface area contributed by atoms with Gasteiger partial charge in [0.1, 0.15) is 11.5 Å². The van der Waals surface area contributed by atoms with Gasteiger partial charge in [-0.05, 0) is 75.3 Å². The molecule has 0 amide bonds. The minimum atomic E-state index is -4.41. The number of nitro groups is 2. The van der Waals surface area contributed by atoms with Gasteiger partial charge in [0, 0.05) is 85.8 Å². The fourth-order valence-corrected chi connectivity index (χ4v) is 9.32. The number of carbonyl (C=O) groups excluding carboxylic acids is 1. The number of aliphatic carboxylic acids is 1. The van der Waals surface area contributed by atoms with Gasteiger partial charge in [0.25, 0.3) is 0 Å². The van der Waals surface area contributed by atoms with Crippen molar-refractivity contribution < 1.29 is 42.2 Å². The van der Waals surface area contributed by atoms with Crippen molar-refractivity contribution in [2.24, 2.45) is 0 Å². The first-order valence-electron chi connectivity index (χ1n) is 18.6. The van der Waals surface area contributed by atoms with Crippen LogP contribution in [0.25, 0.3) is 0 Å². The first-order chi connectivity index (χ1) is 26.8. The predicted octanol–water partition coefficient (Wildman–Crippen LogP) is 5.24. The number of carboxylic acids is 1. The second kappa shape index (κ2) is 14.0. The Morgan fingerprint density at radius 1 is 0.719 bits per heavy atom. The molecule has 0 N–H and O–H groups in total. The Labute approximate surface area is 330 Å². The molecule has 2 spiro atoms.